The van der Waals surface area contributed by atoms with E-state index in [2.05, 4.69) is 17.4 Å². The van der Waals surface area contributed by atoms with Gasteiger partial charge in [0.15, 0.2) is 0 Å². The van der Waals surface area contributed by atoms with E-state index in [-0.39, 0.29) is 29.9 Å². The van der Waals surface area contributed by atoms with Crippen molar-refractivity contribution in [1.82, 2.24) is 5.32 Å². The monoisotopic (exact) mass is 481 g/mol. The van der Waals surface area contributed by atoms with Gasteiger partial charge in [-0.3, -0.25) is 4.79 Å². The van der Waals surface area contributed by atoms with Crippen molar-refractivity contribution in [3.63, 3.8) is 0 Å². The van der Waals surface area contributed by atoms with E-state index in [0.29, 0.717) is 22.6 Å². The van der Waals surface area contributed by atoms with Gasteiger partial charge in [-0.15, -0.1) is 0 Å². The Hall–Kier alpha value is -3.15. The number of aliphatic hydroxyl groups is 1. The maximum atomic E-state index is 12.7. The lowest BCUT2D eigenvalue weighted by atomic mass is 9.86. The maximum absolute atomic E-state index is 12.7. The summed E-state index contributed by atoms with van der Waals surface area (Å²) in [6, 6.07) is 24.2. The average molecular weight is 482 g/mol. The number of ether oxygens (including phenoxy) is 1. The molecule has 5 nitrogen and oxygen atoms in total. The number of carbonyl (C=O) groups excluding carboxylic acids is 2. The maximum Gasteiger partial charge on any atom is 0.337 e. The molecule has 0 saturated heterocycles. The third-order valence-corrected chi connectivity index (χ3v) is 5.38. The Morgan fingerprint density at radius 2 is 1.41 bits per heavy atom. The number of hydrogen-bond acceptors (Lipinski definition) is 4. The van der Waals surface area contributed by atoms with Crippen LogP contribution in [0, 0.1) is 0 Å². The second-order valence-corrected chi connectivity index (χ2v) is 8.71. The SMILES string of the molecule is CC(C)O.COC(=O)c1ccc(CC(c2ccccc2)C(C)NC(=O)c2ccc(Cl)cc2)cc1. The fraction of sp³-hybridized carbons (Fsp3) is 0.286. The molecule has 0 spiro atoms. The van der Waals surface area contributed by atoms with Crippen molar-refractivity contribution in [2.45, 2.75) is 45.3 Å². The molecule has 2 N–H and O–H groups in total. The number of methoxy groups -OCH3 is 1. The molecule has 3 aromatic carbocycles. The van der Waals surface area contributed by atoms with E-state index in [0.717, 1.165) is 11.1 Å². The summed E-state index contributed by atoms with van der Waals surface area (Å²) in [5, 5.41) is 11.8. The number of aliphatic hydroxyl groups excluding tert-OH is 1. The molecule has 0 radical (unpaired) electrons. The Kier molecular flexibility index (Phi) is 10.8. The molecule has 1 amide bonds. The van der Waals surface area contributed by atoms with Crippen LogP contribution in [0.1, 0.15) is 58.5 Å². The molecule has 2 unspecified atom stereocenters. The Morgan fingerprint density at radius 1 is 0.882 bits per heavy atom. The first kappa shape index (κ1) is 27.1. The number of nitrogens with one attached hydrogen (secondary N) is 1. The number of benzene rings is 3. The molecule has 34 heavy (non-hydrogen) atoms. The van der Waals surface area contributed by atoms with Gasteiger partial charge < -0.3 is 15.2 Å². The molecular formula is C28H32ClNO4. The Balaban J connectivity index is 0.000000945. The first-order chi connectivity index (χ1) is 16.2. The minimum atomic E-state index is -0.357. The fourth-order valence-corrected chi connectivity index (χ4v) is 3.55. The summed E-state index contributed by atoms with van der Waals surface area (Å²) in [5.74, 6) is -0.433. The zero-order chi connectivity index (χ0) is 25.1. The molecule has 0 aliphatic heterocycles. The summed E-state index contributed by atoms with van der Waals surface area (Å²) in [6.45, 7) is 5.45. The predicted molar refractivity (Wildman–Crippen MR) is 136 cm³/mol. The summed E-state index contributed by atoms with van der Waals surface area (Å²) >= 11 is 5.92. The average Bonchev–Trinajstić information content (AvgIpc) is 2.83. The topological polar surface area (TPSA) is 75.6 Å². The second kappa shape index (κ2) is 13.5. The number of esters is 1. The Morgan fingerprint density at radius 3 is 1.94 bits per heavy atom. The van der Waals surface area contributed by atoms with Gasteiger partial charge in [-0.25, -0.2) is 4.79 Å². The second-order valence-electron chi connectivity index (χ2n) is 8.27. The number of hydrogen-bond donors (Lipinski definition) is 2. The standard InChI is InChI=1S/C25H24ClNO3.C3H8O/c1-17(27-24(28)20-12-14-22(26)15-13-20)23(19-6-4-3-5-7-19)16-18-8-10-21(11-9-18)25(29)30-2;1-3(2)4/h3-15,17,23H,16H2,1-2H3,(H,27,28);3-4H,1-2H3. The van der Waals surface area contributed by atoms with Gasteiger partial charge in [0, 0.05) is 28.6 Å². The van der Waals surface area contributed by atoms with E-state index in [1.54, 1.807) is 50.2 Å². The van der Waals surface area contributed by atoms with Crippen LogP contribution < -0.4 is 5.32 Å². The Labute approximate surface area is 206 Å². The van der Waals surface area contributed by atoms with Crippen molar-refractivity contribution in [2.75, 3.05) is 7.11 Å². The van der Waals surface area contributed by atoms with Gasteiger partial charge in [0.25, 0.3) is 5.91 Å². The first-order valence-electron chi connectivity index (χ1n) is 11.2. The van der Waals surface area contributed by atoms with Crippen molar-refractivity contribution in [3.05, 3.63) is 106 Å². The summed E-state index contributed by atoms with van der Waals surface area (Å²) in [5.41, 5.74) is 3.30. The third kappa shape index (κ3) is 8.65. The minimum Gasteiger partial charge on any atom is -0.465 e. The molecule has 0 fully saturated rings. The largest absolute Gasteiger partial charge is 0.465 e. The van der Waals surface area contributed by atoms with Gasteiger partial charge in [0.05, 0.1) is 12.7 Å². The van der Waals surface area contributed by atoms with Crippen molar-refractivity contribution in [1.29, 1.82) is 0 Å². The zero-order valence-corrected chi connectivity index (χ0v) is 20.8. The van der Waals surface area contributed by atoms with E-state index in [1.165, 1.54) is 7.11 Å². The highest BCUT2D eigenvalue weighted by molar-refractivity contribution is 6.30. The lowest BCUT2D eigenvalue weighted by Gasteiger charge is -2.26. The fourth-order valence-electron chi connectivity index (χ4n) is 3.42. The summed E-state index contributed by atoms with van der Waals surface area (Å²) in [7, 11) is 1.37. The van der Waals surface area contributed by atoms with Crippen LogP contribution >= 0.6 is 11.6 Å². The van der Waals surface area contributed by atoms with Gasteiger partial charge in [-0.05, 0) is 74.7 Å². The molecular weight excluding hydrogens is 450 g/mol. The summed E-state index contributed by atoms with van der Waals surface area (Å²) in [6.07, 6.45) is 0.549. The van der Waals surface area contributed by atoms with Crippen LogP contribution in [0.25, 0.3) is 0 Å². The minimum absolute atomic E-state index is 0.0615. The molecule has 180 valence electrons. The van der Waals surface area contributed by atoms with E-state index < -0.39 is 0 Å². The predicted octanol–water partition coefficient (Wildman–Crippen LogP) is 5.66. The molecule has 3 aromatic rings. The number of rotatable bonds is 7. The van der Waals surface area contributed by atoms with Crippen LogP contribution in [0.15, 0.2) is 78.9 Å². The molecule has 0 aliphatic carbocycles. The highest BCUT2D eigenvalue weighted by Gasteiger charge is 2.22. The van der Waals surface area contributed by atoms with Gasteiger partial charge >= 0.3 is 5.97 Å². The van der Waals surface area contributed by atoms with Crippen LogP contribution in [-0.2, 0) is 11.2 Å². The quantitative estimate of drug-likeness (QED) is 0.427. The first-order valence-corrected chi connectivity index (χ1v) is 11.6. The summed E-state index contributed by atoms with van der Waals surface area (Å²) < 4.78 is 4.76. The zero-order valence-electron chi connectivity index (χ0n) is 20.0. The Bertz CT molecular complexity index is 1030. The van der Waals surface area contributed by atoms with E-state index in [1.807, 2.05) is 37.3 Å². The van der Waals surface area contributed by atoms with E-state index in [9.17, 15) is 9.59 Å². The van der Waals surface area contributed by atoms with Crippen molar-refractivity contribution in [3.8, 4) is 0 Å². The van der Waals surface area contributed by atoms with Crippen molar-refractivity contribution >= 4 is 23.5 Å². The molecule has 2 atom stereocenters. The van der Waals surface area contributed by atoms with E-state index >= 15 is 0 Å². The van der Waals surface area contributed by atoms with Gasteiger partial charge in [-0.2, -0.15) is 0 Å². The molecule has 0 heterocycles. The van der Waals surface area contributed by atoms with Crippen LogP contribution in [0.2, 0.25) is 5.02 Å². The van der Waals surface area contributed by atoms with Gasteiger partial charge in [0.1, 0.15) is 0 Å². The molecule has 3 rings (SSSR count). The summed E-state index contributed by atoms with van der Waals surface area (Å²) in [4.78, 5) is 24.4. The lowest BCUT2D eigenvalue weighted by Crippen LogP contribution is -2.37. The van der Waals surface area contributed by atoms with Crippen LogP contribution in [0.4, 0.5) is 0 Å². The number of carbonyl (C=O) groups is 2. The van der Waals surface area contributed by atoms with Crippen LogP contribution in [-0.4, -0.2) is 36.2 Å². The highest BCUT2D eigenvalue weighted by atomic mass is 35.5. The van der Waals surface area contributed by atoms with Crippen LogP contribution in [0.3, 0.4) is 0 Å². The molecule has 6 heteroatoms. The molecule has 0 bridgehead atoms. The lowest BCUT2D eigenvalue weighted by molar-refractivity contribution is 0.0600. The third-order valence-electron chi connectivity index (χ3n) is 5.13. The van der Waals surface area contributed by atoms with Crippen molar-refractivity contribution in [2.24, 2.45) is 0 Å². The van der Waals surface area contributed by atoms with Gasteiger partial charge in [-0.1, -0.05) is 54.1 Å². The van der Waals surface area contributed by atoms with Crippen molar-refractivity contribution < 1.29 is 19.4 Å². The highest BCUT2D eigenvalue weighted by Crippen LogP contribution is 2.25. The van der Waals surface area contributed by atoms with E-state index in [4.69, 9.17) is 21.4 Å². The molecule has 0 aromatic heterocycles. The van der Waals surface area contributed by atoms with Crippen LogP contribution in [0.5, 0.6) is 0 Å². The molecule has 0 aliphatic rings. The number of halogens is 1. The number of amides is 1. The smallest absolute Gasteiger partial charge is 0.337 e. The molecule has 0 saturated carbocycles. The van der Waals surface area contributed by atoms with Gasteiger partial charge in [0.2, 0.25) is 0 Å². The normalized spacial score (nSPS) is 12.2.